The molecule has 14 heavy (non-hydrogen) atoms. The maximum absolute atomic E-state index is 4.42. The van der Waals surface area contributed by atoms with Gasteiger partial charge >= 0.3 is 0 Å². The van der Waals surface area contributed by atoms with Crippen molar-refractivity contribution in [3.05, 3.63) is 30.1 Å². The third kappa shape index (κ3) is 1.94. The van der Waals surface area contributed by atoms with Gasteiger partial charge in [0.1, 0.15) is 0 Å². The molecule has 0 N–H and O–H groups in total. The molecule has 1 aromatic rings. The molecule has 2 rings (SSSR count). The highest BCUT2D eigenvalue weighted by atomic mass is 15.3. The molecule has 0 bridgehead atoms. The molecule has 1 aliphatic rings. The van der Waals surface area contributed by atoms with E-state index in [4.69, 9.17) is 0 Å². The average molecular weight is 191 g/mol. The van der Waals surface area contributed by atoms with E-state index in [-0.39, 0.29) is 0 Å². The number of pyridine rings is 1. The molecule has 0 aromatic carbocycles. The smallest absolute Gasteiger partial charge is 0.0647 e. The molecule has 0 radical (unpaired) electrons. The van der Waals surface area contributed by atoms with Crippen LogP contribution in [-0.4, -0.2) is 48.5 Å². The van der Waals surface area contributed by atoms with Gasteiger partial charge in [-0.3, -0.25) is 9.88 Å². The van der Waals surface area contributed by atoms with Gasteiger partial charge in [-0.15, -0.1) is 0 Å². The number of nitrogens with zero attached hydrogens (tertiary/aromatic N) is 3. The maximum atomic E-state index is 4.42. The van der Waals surface area contributed by atoms with Crippen molar-refractivity contribution >= 4 is 0 Å². The molecule has 0 aliphatic carbocycles. The first-order valence-corrected chi connectivity index (χ1v) is 5.07. The van der Waals surface area contributed by atoms with Gasteiger partial charge in [0.25, 0.3) is 0 Å². The maximum Gasteiger partial charge on any atom is 0.0647 e. The van der Waals surface area contributed by atoms with Crippen LogP contribution < -0.4 is 0 Å². The highest BCUT2D eigenvalue weighted by molar-refractivity contribution is 5.10. The summed E-state index contributed by atoms with van der Waals surface area (Å²) in [6.07, 6.45) is 1.87. The van der Waals surface area contributed by atoms with E-state index in [9.17, 15) is 0 Å². The van der Waals surface area contributed by atoms with Crippen molar-refractivity contribution in [1.29, 1.82) is 0 Å². The number of rotatable bonds is 1. The highest BCUT2D eigenvalue weighted by Crippen LogP contribution is 2.20. The van der Waals surface area contributed by atoms with Crippen LogP contribution >= 0.6 is 0 Å². The van der Waals surface area contributed by atoms with E-state index in [1.807, 2.05) is 12.3 Å². The summed E-state index contributed by atoms with van der Waals surface area (Å²) in [5, 5.41) is 0. The van der Waals surface area contributed by atoms with Gasteiger partial charge in [0.2, 0.25) is 0 Å². The molecule has 3 heteroatoms. The molecule has 0 amide bonds. The molecule has 0 saturated carbocycles. The lowest BCUT2D eigenvalue weighted by atomic mass is 10.1. The molecule has 1 atom stereocenters. The fraction of sp³-hybridized carbons (Fsp3) is 0.545. The molecule has 1 unspecified atom stereocenters. The molecular formula is C11H17N3. The predicted octanol–water partition coefficient (Wildman–Crippen LogP) is 1.000. The lowest BCUT2D eigenvalue weighted by molar-refractivity contribution is 0.112. The van der Waals surface area contributed by atoms with Crippen LogP contribution in [0.25, 0.3) is 0 Å². The van der Waals surface area contributed by atoms with Gasteiger partial charge in [0.05, 0.1) is 11.7 Å². The number of piperazine rings is 1. The van der Waals surface area contributed by atoms with E-state index < -0.39 is 0 Å². The Morgan fingerprint density at radius 1 is 1.29 bits per heavy atom. The fourth-order valence-electron chi connectivity index (χ4n) is 1.90. The zero-order chi connectivity index (χ0) is 9.97. The summed E-state index contributed by atoms with van der Waals surface area (Å²) in [5.41, 5.74) is 1.18. The molecular weight excluding hydrogens is 174 g/mol. The molecule has 1 fully saturated rings. The highest BCUT2D eigenvalue weighted by Gasteiger charge is 2.24. The molecule has 76 valence electrons. The summed E-state index contributed by atoms with van der Waals surface area (Å²) in [7, 11) is 4.34. The Kier molecular flexibility index (Phi) is 2.79. The molecule has 2 heterocycles. The summed E-state index contributed by atoms with van der Waals surface area (Å²) in [5.74, 6) is 0. The predicted molar refractivity (Wildman–Crippen MR) is 57.1 cm³/mol. The largest absolute Gasteiger partial charge is 0.303 e. The van der Waals surface area contributed by atoms with Crippen LogP contribution in [0.1, 0.15) is 11.7 Å². The quantitative estimate of drug-likeness (QED) is 0.660. The Morgan fingerprint density at radius 3 is 2.86 bits per heavy atom. The van der Waals surface area contributed by atoms with Crippen LogP contribution in [0, 0.1) is 0 Å². The molecule has 0 spiro atoms. The third-order valence-electron chi connectivity index (χ3n) is 2.88. The van der Waals surface area contributed by atoms with E-state index in [0.29, 0.717) is 6.04 Å². The topological polar surface area (TPSA) is 19.4 Å². The van der Waals surface area contributed by atoms with Crippen LogP contribution in [0.15, 0.2) is 24.4 Å². The van der Waals surface area contributed by atoms with Crippen LogP contribution in [0.5, 0.6) is 0 Å². The van der Waals surface area contributed by atoms with E-state index in [1.165, 1.54) is 5.69 Å². The SMILES string of the molecule is CN1CCN(C)C(c2ccccn2)C1. The molecule has 1 aliphatic heterocycles. The number of hydrogen-bond acceptors (Lipinski definition) is 3. The Bertz CT molecular complexity index is 286. The summed E-state index contributed by atoms with van der Waals surface area (Å²) in [6.45, 7) is 3.35. The normalized spacial score (nSPS) is 25.1. The van der Waals surface area contributed by atoms with Gasteiger partial charge in [-0.25, -0.2) is 0 Å². The van der Waals surface area contributed by atoms with E-state index in [1.54, 1.807) is 0 Å². The van der Waals surface area contributed by atoms with E-state index in [0.717, 1.165) is 19.6 Å². The van der Waals surface area contributed by atoms with E-state index >= 15 is 0 Å². The zero-order valence-electron chi connectivity index (χ0n) is 8.85. The van der Waals surface area contributed by atoms with Crippen molar-refractivity contribution in [2.24, 2.45) is 0 Å². The third-order valence-corrected chi connectivity index (χ3v) is 2.88. The van der Waals surface area contributed by atoms with Gasteiger partial charge in [-0.1, -0.05) is 6.07 Å². The van der Waals surface area contributed by atoms with Gasteiger partial charge in [-0.05, 0) is 26.2 Å². The average Bonchev–Trinajstić information content (AvgIpc) is 2.23. The fourth-order valence-corrected chi connectivity index (χ4v) is 1.90. The lowest BCUT2D eigenvalue weighted by Gasteiger charge is -2.37. The minimum absolute atomic E-state index is 0.454. The summed E-state index contributed by atoms with van der Waals surface area (Å²) in [4.78, 5) is 9.16. The van der Waals surface area contributed by atoms with Gasteiger partial charge < -0.3 is 4.90 Å². The Balaban J connectivity index is 2.16. The van der Waals surface area contributed by atoms with Crippen LogP contribution in [-0.2, 0) is 0 Å². The van der Waals surface area contributed by atoms with Gasteiger partial charge in [0, 0.05) is 25.8 Å². The first-order valence-electron chi connectivity index (χ1n) is 5.07. The first-order chi connectivity index (χ1) is 6.77. The summed E-state index contributed by atoms with van der Waals surface area (Å²) < 4.78 is 0. The van der Waals surface area contributed by atoms with Crippen molar-refractivity contribution in [3.8, 4) is 0 Å². The van der Waals surface area contributed by atoms with Crippen LogP contribution in [0.4, 0.5) is 0 Å². The lowest BCUT2D eigenvalue weighted by Crippen LogP contribution is -2.45. The minimum Gasteiger partial charge on any atom is -0.303 e. The van der Waals surface area contributed by atoms with Crippen molar-refractivity contribution in [2.45, 2.75) is 6.04 Å². The summed E-state index contributed by atoms with van der Waals surface area (Å²) in [6, 6.07) is 6.59. The molecule has 1 saturated heterocycles. The van der Waals surface area contributed by atoms with Gasteiger partial charge in [-0.2, -0.15) is 0 Å². The zero-order valence-corrected chi connectivity index (χ0v) is 8.85. The van der Waals surface area contributed by atoms with Crippen molar-refractivity contribution in [3.63, 3.8) is 0 Å². The Hall–Kier alpha value is -0.930. The summed E-state index contributed by atoms with van der Waals surface area (Å²) >= 11 is 0. The Labute approximate surface area is 85.4 Å². The molecule has 3 nitrogen and oxygen atoms in total. The second-order valence-electron chi connectivity index (χ2n) is 4.01. The van der Waals surface area contributed by atoms with E-state index in [2.05, 4.69) is 41.0 Å². The molecule has 1 aromatic heterocycles. The Morgan fingerprint density at radius 2 is 2.14 bits per heavy atom. The standard InChI is InChI=1S/C11H17N3/c1-13-7-8-14(2)11(9-13)10-5-3-4-6-12-10/h3-6,11H,7-9H2,1-2H3. The second kappa shape index (κ2) is 4.07. The van der Waals surface area contributed by atoms with Crippen LogP contribution in [0.2, 0.25) is 0 Å². The minimum atomic E-state index is 0.454. The van der Waals surface area contributed by atoms with Crippen LogP contribution in [0.3, 0.4) is 0 Å². The number of likely N-dealkylation sites (N-methyl/N-ethyl adjacent to an activating group) is 2. The number of aromatic nitrogens is 1. The monoisotopic (exact) mass is 191 g/mol. The van der Waals surface area contributed by atoms with Gasteiger partial charge in [0.15, 0.2) is 0 Å². The number of hydrogen-bond donors (Lipinski definition) is 0. The first kappa shape index (κ1) is 9.62. The second-order valence-corrected chi connectivity index (χ2v) is 4.01. The van der Waals surface area contributed by atoms with Crippen molar-refractivity contribution in [2.75, 3.05) is 33.7 Å². The van der Waals surface area contributed by atoms with Crippen molar-refractivity contribution in [1.82, 2.24) is 14.8 Å². The van der Waals surface area contributed by atoms with Crippen molar-refractivity contribution < 1.29 is 0 Å².